The molecule has 0 saturated carbocycles. The van der Waals surface area contributed by atoms with Gasteiger partial charge in [0.2, 0.25) is 5.91 Å². The van der Waals surface area contributed by atoms with Gasteiger partial charge in [-0.3, -0.25) is 4.79 Å². The van der Waals surface area contributed by atoms with Gasteiger partial charge in [0.05, 0.1) is 6.61 Å². The predicted molar refractivity (Wildman–Crippen MR) is 57.3 cm³/mol. The molecular weight excluding hydrogens is 180 g/mol. The molecule has 0 unspecified atom stereocenters. The summed E-state index contributed by atoms with van der Waals surface area (Å²) in [7, 11) is 3.54. The zero-order valence-corrected chi connectivity index (χ0v) is 9.51. The molecule has 0 saturated heterocycles. The molecule has 0 spiro atoms. The van der Waals surface area contributed by atoms with E-state index in [1.54, 1.807) is 7.11 Å². The molecule has 0 aliphatic carbocycles. The lowest BCUT2D eigenvalue weighted by atomic mass is 10.3. The lowest BCUT2D eigenvalue weighted by Crippen LogP contribution is -2.38. The topological polar surface area (TPSA) is 41.6 Å². The van der Waals surface area contributed by atoms with Crippen molar-refractivity contribution < 1.29 is 9.53 Å². The van der Waals surface area contributed by atoms with E-state index >= 15 is 0 Å². The second-order valence-electron chi connectivity index (χ2n) is 3.23. The Kier molecular flexibility index (Phi) is 8.57. The van der Waals surface area contributed by atoms with Gasteiger partial charge in [-0.25, -0.2) is 0 Å². The van der Waals surface area contributed by atoms with Crippen molar-refractivity contribution in [1.29, 1.82) is 0 Å². The minimum atomic E-state index is 0.222. The summed E-state index contributed by atoms with van der Waals surface area (Å²) in [6, 6.07) is 0. The van der Waals surface area contributed by atoms with Crippen LogP contribution in [0.3, 0.4) is 0 Å². The second-order valence-corrected chi connectivity index (χ2v) is 3.23. The third-order valence-electron chi connectivity index (χ3n) is 2.01. The van der Waals surface area contributed by atoms with Crippen LogP contribution in [0.4, 0.5) is 0 Å². The Morgan fingerprint density at radius 3 is 2.64 bits per heavy atom. The maximum atomic E-state index is 11.6. The molecule has 14 heavy (non-hydrogen) atoms. The van der Waals surface area contributed by atoms with E-state index in [0.29, 0.717) is 19.6 Å². The standard InChI is InChI=1S/C10H22N2O2/c1-4-5-10(13)12(7-6-11-2)8-9-14-3/h11H,4-9H2,1-3H3. The van der Waals surface area contributed by atoms with Gasteiger partial charge < -0.3 is 15.0 Å². The number of nitrogens with zero attached hydrogens (tertiary/aromatic N) is 1. The zero-order valence-electron chi connectivity index (χ0n) is 9.51. The fourth-order valence-electron chi connectivity index (χ4n) is 1.18. The lowest BCUT2D eigenvalue weighted by Gasteiger charge is -2.22. The van der Waals surface area contributed by atoms with Gasteiger partial charge in [-0.2, -0.15) is 0 Å². The molecule has 84 valence electrons. The molecule has 0 aromatic heterocycles. The summed E-state index contributed by atoms with van der Waals surface area (Å²) in [6.07, 6.45) is 1.54. The van der Waals surface area contributed by atoms with Crippen LogP contribution < -0.4 is 5.32 Å². The van der Waals surface area contributed by atoms with Crippen LogP contribution in [-0.2, 0) is 9.53 Å². The van der Waals surface area contributed by atoms with Crippen molar-refractivity contribution in [1.82, 2.24) is 10.2 Å². The molecule has 0 rings (SSSR count). The highest BCUT2D eigenvalue weighted by atomic mass is 16.5. The SMILES string of the molecule is CCCC(=O)N(CCNC)CCOC. The van der Waals surface area contributed by atoms with Gasteiger partial charge >= 0.3 is 0 Å². The Balaban J connectivity index is 3.88. The van der Waals surface area contributed by atoms with Crippen molar-refractivity contribution in [2.24, 2.45) is 0 Å². The Morgan fingerprint density at radius 1 is 1.43 bits per heavy atom. The van der Waals surface area contributed by atoms with Crippen LogP contribution in [0.1, 0.15) is 19.8 Å². The fourth-order valence-corrected chi connectivity index (χ4v) is 1.18. The van der Waals surface area contributed by atoms with Crippen molar-refractivity contribution in [2.75, 3.05) is 40.4 Å². The first kappa shape index (κ1) is 13.4. The summed E-state index contributed by atoms with van der Waals surface area (Å²) in [4.78, 5) is 13.4. The molecule has 0 heterocycles. The van der Waals surface area contributed by atoms with Crippen LogP contribution in [0.15, 0.2) is 0 Å². The molecule has 0 aromatic rings. The van der Waals surface area contributed by atoms with Gasteiger partial charge in [-0.15, -0.1) is 0 Å². The van der Waals surface area contributed by atoms with Crippen LogP contribution in [0.25, 0.3) is 0 Å². The number of rotatable bonds is 8. The Bertz CT molecular complexity index is 143. The van der Waals surface area contributed by atoms with E-state index in [9.17, 15) is 4.79 Å². The van der Waals surface area contributed by atoms with Gasteiger partial charge in [0.25, 0.3) is 0 Å². The van der Waals surface area contributed by atoms with Crippen LogP contribution >= 0.6 is 0 Å². The van der Waals surface area contributed by atoms with Crippen LogP contribution in [0, 0.1) is 0 Å². The molecule has 1 N–H and O–H groups in total. The second kappa shape index (κ2) is 8.97. The van der Waals surface area contributed by atoms with Gasteiger partial charge in [0.1, 0.15) is 0 Å². The lowest BCUT2D eigenvalue weighted by molar-refractivity contribution is -0.131. The zero-order chi connectivity index (χ0) is 10.8. The average Bonchev–Trinajstić information content (AvgIpc) is 2.18. The minimum Gasteiger partial charge on any atom is -0.383 e. The highest BCUT2D eigenvalue weighted by Gasteiger charge is 2.10. The van der Waals surface area contributed by atoms with Gasteiger partial charge in [-0.05, 0) is 13.5 Å². The number of ether oxygens (including phenoxy) is 1. The summed E-state index contributed by atoms with van der Waals surface area (Å²) < 4.78 is 4.97. The van der Waals surface area contributed by atoms with Gasteiger partial charge in [0.15, 0.2) is 0 Å². The van der Waals surface area contributed by atoms with E-state index in [0.717, 1.165) is 19.5 Å². The Hall–Kier alpha value is -0.610. The normalized spacial score (nSPS) is 10.2. The summed E-state index contributed by atoms with van der Waals surface area (Å²) in [5.74, 6) is 0.222. The number of likely N-dealkylation sites (N-methyl/N-ethyl adjacent to an activating group) is 1. The number of nitrogens with one attached hydrogen (secondary N) is 1. The van der Waals surface area contributed by atoms with E-state index in [2.05, 4.69) is 5.32 Å². The summed E-state index contributed by atoms with van der Waals surface area (Å²) in [5, 5.41) is 3.04. The van der Waals surface area contributed by atoms with Crippen LogP contribution in [-0.4, -0.2) is 51.2 Å². The smallest absolute Gasteiger partial charge is 0.222 e. The molecule has 0 radical (unpaired) electrons. The van der Waals surface area contributed by atoms with Crippen LogP contribution in [0.2, 0.25) is 0 Å². The average molecular weight is 202 g/mol. The molecule has 0 atom stereocenters. The van der Waals surface area contributed by atoms with E-state index in [-0.39, 0.29) is 5.91 Å². The highest BCUT2D eigenvalue weighted by molar-refractivity contribution is 5.76. The summed E-state index contributed by atoms with van der Waals surface area (Å²) in [6.45, 7) is 4.92. The molecular formula is C10H22N2O2. The van der Waals surface area contributed by atoms with Gasteiger partial charge in [0, 0.05) is 33.2 Å². The molecule has 0 bridgehead atoms. The summed E-state index contributed by atoms with van der Waals surface area (Å²) in [5.41, 5.74) is 0. The largest absolute Gasteiger partial charge is 0.383 e. The van der Waals surface area contributed by atoms with Crippen molar-refractivity contribution in [3.05, 3.63) is 0 Å². The maximum absolute atomic E-state index is 11.6. The Morgan fingerprint density at radius 2 is 2.14 bits per heavy atom. The molecule has 4 nitrogen and oxygen atoms in total. The number of amides is 1. The van der Waals surface area contributed by atoms with Crippen molar-refractivity contribution in [3.8, 4) is 0 Å². The summed E-state index contributed by atoms with van der Waals surface area (Å²) >= 11 is 0. The van der Waals surface area contributed by atoms with Crippen molar-refractivity contribution in [3.63, 3.8) is 0 Å². The number of carbonyl (C=O) groups is 1. The number of hydrogen-bond acceptors (Lipinski definition) is 3. The first-order valence-electron chi connectivity index (χ1n) is 5.17. The third-order valence-corrected chi connectivity index (χ3v) is 2.01. The number of carbonyl (C=O) groups excluding carboxylic acids is 1. The van der Waals surface area contributed by atoms with E-state index in [1.165, 1.54) is 0 Å². The quantitative estimate of drug-likeness (QED) is 0.622. The van der Waals surface area contributed by atoms with Gasteiger partial charge in [-0.1, -0.05) is 6.92 Å². The third kappa shape index (κ3) is 5.94. The van der Waals surface area contributed by atoms with Crippen LogP contribution in [0.5, 0.6) is 0 Å². The first-order valence-corrected chi connectivity index (χ1v) is 5.17. The highest BCUT2D eigenvalue weighted by Crippen LogP contribution is 1.97. The monoisotopic (exact) mass is 202 g/mol. The number of methoxy groups -OCH3 is 1. The Labute approximate surface area is 86.6 Å². The van der Waals surface area contributed by atoms with E-state index < -0.39 is 0 Å². The molecule has 4 heteroatoms. The van der Waals surface area contributed by atoms with E-state index in [1.807, 2.05) is 18.9 Å². The van der Waals surface area contributed by atoms with Crippen molar-refractivity contribution in [2.45, 2.75) is 19.8 Å². The minimum absolute atomic E-state index is 0.222. The van der Waals surface area contributed by atoms with E-state index in [4.69, 9.17) is 4.74 Å². The maximum Gasteiger partial charge on any atom is 0.222 e. The molecule has 0 fully saturated rings. The number of hydrogen-bond donors (Lipinski definition) is 1. The molecule has 0 aromatic carbocycles. The first-order chi connectivity index (χ1) is 6.76. The molecule has 0 aliphatic heterocycles. The molecule has 0 aliphatic rings. The fraction of sp³-hybridized carbons (Fsp3) is 0.900. The molecule has 1 amide bonds. The predicted octanol–water partition coefficient (Wildman–Crippen LogP) is 0.481. The van der Waals surface area contributed by atoms with Crippen molar-refractivity contribution >= 4 is 5.91 Å².